The maximum Gasteiger partial charge on any atom is 0.155 e. The Balaban J connectivity index is 0.000000523. The van der Waals surface area contributed by atoms with E-state index in [9.17, 15) is 4.79 Å². The molecular weight excluding hydrogens is 563 g/mol. The summed E-state index contributed by atoms with van der Waals surface area (Å²) in [6.45, 7) is 11.6. The number of hydrogen-bond donors (Lipinski definition) is 1. The number of carbonyl (C=O) groups is 1. The normalized spacial score (nSPS) is 11.0. The van der Waals surface area contributed by atoms with Crippen LogP contribution in [0, 0.1) is 32.9 Å². The summed E-state index contributed by atoms with van der Waals surface area (Å²) in [5.74, 6) is 0.582. The Hall–Kier alpha value is -2.42. The molecule has 2 aromatic carbocycles. The number of aliphatic hydroxyl groups excluding tert-OH is 1. The predicted octanol–water partition coefficient (Wildman–Crippen LogP) is 6.08. The number of benzene rings is 2. The second kappa shape index (κ2) is 11.8. The van der Waals surface area contributed by atoms with Gasteiger partial charge < -0.3 is 9.67 Å². The fourth-order valence-electron chi connectivity index (χ4n) is 3.59. The summed E-state index contributed by atoms with van der Waals surface area (Å²) in [5, 5.41) is 9.66. The van der Waals surface area contributed by atoms with Crippen molar-refractivity contribution in [2.24, 2.45) is 5.92 Å². The van der Waals surface area contributed by atoms with Crippen LogP contribution in [0.5, 0.6) is 0 Å². The van der Waals surface area contributed by atoms with Gasteiger partial charge in [-0.25, -0.2) is 0 Å². The van der Waals surface area contributed by atoms with E-state index in [-0.39, 0.29) is 31.6 Å². The average Bonchev–Trinajstić information content (AvgIpc) is 2.60. The molecule has 0 bridgehead atoms. The van der Waals surface area contributed by atoms with E-state index < -0.39 is 0 Å². The number of ketones is 1. The molecule has 3 aromatic rings. The number of aliphatic hydroxyl groups is 1. The molecular formula is C27H32IrNO2-. The zero-order chi connectivity index (χ0) is 22.4. The molecule has 167 valence electrons. The van der Waals surface area contributed by atoms with Gasteiger partial charge >= 0.3 is 0 Å². The standard InChI is InChI=1S/C22H24N.C5H8O2.Ir/c1-15(2)11-18-7-6-8-22-20(18)9-10-21(23(22)5)19-13-16(3)12-17(4)14-19;1-4(6)3-5(2)7;/h6-10,12-13,15H,5,11H2,1-4H3;3,6H,1-2H3;/q-1;;. The van der Waals surface area contributed by atoms with Crippen molar-refractivity contribution < 1.29 is 34.6 Å². The van der Waals surface area contributed by atoms with Crippen LogP contribution >= 0.6 is 0 Å². The molecule has 0 aliphatic rings. The molecule has 0 unspecified atom stereocenters. The molecule has 4 heteroatoms. The van der Waals surface area contributed by atoms with Crippen LogP contribution < -0.4 is 4.57 Å². The molecule has 0 saturated carbocycles. The number of rotatable bonds is 4. The first-order valence-electron chi connectivity index (χ1n) is 10.2. The van der Waals surface area contributed by atoms with E-state index >= 15 is 0 Å². The molecule has 0 fully saturated rings. The van der Waals surface area contributed by atoms with Gasteiger partial charge in [-0.15, -0.1) is 29.3 Å². The molecule has 3 rings (SSSR count). The summed E-state index contributed by atoms with van der Waals surface area (Å²) in [7, 11) is 4.30. The summed E-state index contributed by atoms with van der Waals surface area (Å²) >= 11 is 0. The van der Waals surface area contributed by atoms with E-state index in [1.54, 1.807) is 0 Å². The molecule has 0 amide bonds. The molecule has 1 radical (unpaired) electrons. The summed E-state index contributed by atoms with van der Waals surface area (Å²) in [4.78, 5) is 10.0. The van der Waals surface area contributed by atoms with E-state index in [2.05, 4.69) is 83.3 Å². The van der Waals surface area contributed by atoms with Crippen molar-refractivity contribution in [1.82, 2.24) is 0 Å². The number of nitrogens with zero attached hydrogens (tertiary/aromatic N) is 1. The minimum absolute atomic E-state index is 0. The van der Waals surface area contributed by atoms with E-state index in [4.69, 9.17) is 5.11 Å². The zero-order valence-electron chi connectivity index (χ0n) is 19.2. The third-order valence-corrected chi connectivity index (χ3v) is 4.63. The van der Waals surface area contributed by atoms with Crippen molar-refractivity contribution >= 4 is 16.7 Å². The van der Waals surface area contributed by atoms with E-state index in [0.717, 1.165) is 23.2 Å². The summed E-state index contributed by atoms with van der Waals surface area (Å²) in [6.07, 6.45) is 2.26. The minimum atomic E-state index is -0.125. The smallest absolute Gasteiger partial charge is 0.155 e. The number of pyridine rings is 1. The van der Waals surface area contributed by atoms with E-state index in [0.29, 0.717) is 5.92 Å². The van der Waals surface area contributed by atoms with Crippen LogP contribution in [-0.4, -0.2) is 10.9 Å². The van der Waals surface area contributed by atoms with Crippen LogP contribution in [-0.2, 0) is 31.3 Å². The first kappa shape index (κ1) is 26.6. The Bertz CT molecular complexity index is 1060. The molecule has 1 aromatic heterocycles. The number of hydrogen-bond acceptors (Lipinski definition) is 2. The van der Waals surface area contributed by atoms with E-state index in [1.807, 2.05) is 4.57 Å². The molecule has 3 nitrogen and oxygen atoms in total. The van der Waals surface area contributed by atoms with E-state index in [1.165, 1.54) is 42.0 Å². The van der Waals surface area contributed by atoms with Crippen molar-refractivity contribution in [3.05, 3.63) is 84.1 Å². The fourth-order valence-corrected chi connectivity index (χ4v) is 3.59. The second-order valence-corrected chi connectivity index (χ2v) is 8.25. The van der Waals surface area contributed by atoms with Gasteiger partial charge in [0.25, 0.3) is 0 Å². The Kier molecular flexibility index (Phi) is 10.2. The quantitative estimate of drug-likeness (QED) is 0.172. The van der Waals surface area contributed by atoms with Crippen LogP contribution in [0.3, 0.4) is 0 Å². The van der Waals surface area contributed by atoms with Crippen LogP contribution in [0.4, 0.5) is 0 Å². The SMILES string of the molecule is CC(=O)C=C(C)O.[CH2-][n+]1c(-c2[c-]c(C)cc(C)c2)ccc2c(CC(C)C)cccc21.[Ir]. The second-order valence-electron chi connectivity index (χ2n) is 8.25. The van der Waals surface area contributed by atoms with Gasteiger partial charge in [-0.3, -0.25) is 4.79 Å². The van der Waals surface area contributed by atoms with Gasteiger partial charge in [-0.1, -0.05) is 51.5 Å². The Morgan fingerprint density at radius 3 is 2.35 bits per heavy atom. The average molecular weight is 595 g/mol. The molecule has 1 heterocycles. The molecule has 31 heavy (non-hydrogen) atoms. The van der Waals surface area contributed by atoms with Crippen molar-refractivity contribution in [3.8, 4) is 11.3 Å². The van der Waals surface area contributed by atoms with Gasteiger partial charge in [0.05, 0.1) is 5.76 Å². The topological polar surface area (TPSA) is 41.2 Å². The number of allylic oxidation sites excluding steroid dienone is 2. The largest absolute Gasteiger partial charge is 0.512 e. The molecule has 1 N–H and O–H groups in total. The summed E-state index contributed by atoms with van der Waals surface area (Å²) in [5.41, 5.74) is 7.19. The first-order valence-corrected chi connectivity index (χ1v) is 10.2. The zero-order valence-corrected chi connectivity index (χ0v) is 21.6. The number of fused-ring (bicyclic) bond motifs is 1. The Labute approximate surface area is 200 Å². The molecule has 0 saturated heterocycles. The van der Waals surface area contributed by atoms with Gasteiger partial charge in [-0.05, 0) is 49.3 Å². The van der Waals surface area contributed by atoms with Crippen molar-refractivity contribution in [1.29, 1.82) is 0 Å². The Morgan fingerprint density at radius 2 is 1.84 bits per heavy atom. The fraction of sp³-hybridized carbons (Fsp3) is 0.296. The van der Waals surface area contributed by atoms with Gasteiger partial charge in [0, 0.05) is 33.2 Å². The maximum absolute atomic E-state index is 10.0. The minimum Gasteiger partial charge on any atom is -0.512 e. The van der Waals surface area contributed by atoms with Crippen molar-refractivity contribution in [2.75, 3.05) is 0 Å². The third-order valence-electron chi connectivity index (χ3n) is 4.63. The van der Waals surface area contributed by atoms with Crippen LogP contribution in [0.15, 0.2) is 54.3 Å². The first-order chi connectivity index (χ1) is 14.1. The van der Waals surface area contributed by atoms with Crippen LogP contribution in [0.2, 0.25) is 0 Å². The third kappa shape index (κ3) is 7.65. The number of carbonyl (C=O) groups excluding carboxylic acids is 1. The summed E-state index contributed by atoms with van der Waals surface area (Å²) in [6, 6.07) is 18.7. The van der Waals surface area contributed by atoms with Crippen molar-refractivity contribution in [3.63, 3.8) is 0 Å². The molecule has 0 spiro atoms. The van der Waals surface area contributed by atoms with Crippen LogP contribution in [0.25, 0.3) is 22.2 Å². The van der Waals surface area contributed by atoms with Crippen molar-refractivity contribution in [2.45, 2.75) is 48.0 Å². The number of aryl methyl sites for hydroxylation is 2. The van der Waals surface area contributed by atoms with Gasteiger partial charge in [0.1, 0.15) is 11.2 Å². The molecule has 0 aliphatic carbocycles. The summed E-state index contributed by atoms with van der Waals surface area (Å²) < 4.78 is 2.05. The molecule has 0 atom stereocenters. The number of aromatic nitrogens is 1. The van der Waals surface area contributed by atoms with Gasteiger partial charge in [0.15, 0.2) is 5.78 Å². The maximum atomic E-state index is 10.0. The monoisotopic (exact) mass is 595 g/mol. The van der Waals surface area contributed by atoms with Gasteiger partial charge in [0.2, 0.25) is 0 Å². The predicted molar refractivity (Wildman–Crippen MR) is 124 cm³/mol. The van der Waals surface area contributed by atoms with Crippen LogP contribution in [0.1, 0.15) is 44.4 Å². The Morgan fingerprint density at radius 1 is 1.16 bits per heavy atom. The van der Waals surface area contributed by atoms with Gasteiger partial charge in [-0.2, -0.15) is 0 Å². The molecule has 0 aliphatic heterocycles.